The molecule has 0 aliphatic heterocycles. The second kappa shape index (κ2) is 5.38. The third kappa shape index (κ3) is 2.57. The van der Waals surface area contributed by atoms with Crippen LogP contribution in [0, 0.1) is 11.3 Å². The highest BCUT2D eigenvalue weighted by Gasteiger charge is 1.94. The zero-order valence-electron chi connectivity index (χ0n) is 10.8. The minimum atomic E-state index is 0.648. The van der Waals surface area contributed by atoms with Crippen molar-refractivity contribution in [3.8, 4) is 6.07 Å². The van der Waals surface area contributed by atoms with Crippen molar-refractivity contribution in [1.29, 1.82) is 5.26 Å². The van der Waals surface area contributed by atoms with Gasteiger partial charge in [0.2, 0.25) is 0 Å². The predicted molar refractivity (Wildman–Crippen MR) is 82.4 cm³/mol. The normalized spacial score (nSPS) is 10.8. The van der Waals surface area contributed by atoms with Crippen LogP contribution in [0.15, 0.2) is 71.7 Å². The Labute approximate surface area is 117 Å². The van der Waals surface area contributed by atoms with E-state index in [1.54, 1.807) is 12.1 Å². The highest BCUT2D eigenvalue weighted by atomic mass is 14.7. The van der Waals surface area contributed by atoms with Crippen LogP contribution in [0.25, 0.3) is 10.8 Å². The van der Waals surface area contributed by atoms with Crippen molar-refractivity contribution in [2.24, 2.45) is 4.99 Å². The van der Waals surface area contributed by atoms with Crippen LogP contribution in [-0.2, 0) is 0 Å². The maximum absolute atomic E-state index is 8.75. The molecule has 2 heteroatoms. The summed E-state index contributed by atoms with van der Waals surface area (Å²) in [6.45, 7) is 0. The number of benzene rings is 3. The van der Waals surface area contributed by atoms with E-state index in [1.807, 2.05) is 30.5 Å². The van der Waals surface area contributed by atoms with Crippen molar-refractivity contribution < 1.29 is 0 Å². The van der Waals surface area contributed by atoms with Crippen molar-refractivity contribution in [2.75, 3.05) is 0 Å². The molecule has 0 radical (unpaired) electrons. The summed E-state index contributed by atoms with van der Waals surface area (Å²) in [5.74, 6) is 0. The first kappa shape index (κ1) is 12.1. The Kier molecular flexibility index (Phi) is 3.26. The molecule has 94 valence electrons. The van der Waals surface area contributed by atoms with Crippen molar-refractivity contribution in [3.05, 3.63) is 77.9 Å². The van der Waals surface area contributed by atoms with Crippen LogP contribution in [0.3, 0.4) is 0 Å². The average molecular weight is 256 g/mol. The standard InChI is InChI=1S/C18H12N2/c19-12-14-6-9-18(10-7-14)20-13-15-5-8-16-3-1-2-4-17(16)11-15/h1-11,13H. The first-order chi connectivity index (χ1) is 9.85. The van der Waals surface area contributed by atoms with Crippen molar-refractivity contribution in [3.63, 3.8) is 0 Å². The summed E-state index contributed by atoms with van der Waals surface area (Å²) in [5.41, 5.74) is 2.56. The van der Waals surface area contributed by atoms with Gasteiger partial charge in [-0.2, -0.15) is 5.26 Å². The van der Waals surface area contributed by atoms with Gasteiger partial charge in [-0.3, -0.25) is 4.99 Å². The van der Waals surface area contributed by atoms with Gasteiger partial charge < -0.3 is 0 Å². The third-order valence-electron chi connectivity index (χ3n) is 3.13. The summed E-state index contributed by atoms with van der Waals surface area (Å²) in [6, 6.07) is 23.8. The molecule has 3 rings (SSSR count). The molecule has 3 aromatic carbocycles. The van der Waals surface area contributed by atoms with Crippen LogP contribution in [0.5, 0.6) is 0 Å². The molecule has 0 atom stereocenters. The minimum absolute atomic E-state index is 0.648. The third-order valence-corrected chi connectivity index (χ3v) is 3.13. The first-order valence-electron chi connectivity index (χ1n) is 6.38. The number of hydrogen-bond acceptors (Lipinski definition) is 2. The lowest BCUT2D eigenvalue weighted by Crippen LogP contribution is -1.81. The molecule has 0 heterocycles. The molecule has 20 heavy (non-hydrogen) atoms. The summed E-state index contributed by atoms with van der Waals surface area (Å²) in [5, 5.41) is 11.2. The van der Waals surface area contributed by atoms with Crippen LogP contribution >= 0.6 is 0 Å². The van der Waals surface area contributed by atoms with Crippen molar-refractivity contribution >= 4 is 22.7 Å². The smallest absolute Gasteiger partial charge is 0.0991 e. The van der Waals surface area contributed by atoms with E-state index in [9.17, 15) is 0 Å². The van der Waals surface area contributed by atoms with E-state index < -0.39 is 0 Å². The molecule has 0 bridgehead atoms. The fourth-order valence-electron chi connectivity index (χ4n) is 2.06. The highest BCUT2D eigenvalue weighted by Crippen LogP contribution is 2.16. The lowest BCUT2D eigenvalue weighted by Gasteiger charge is -1.99. The van der Waals surface area contributed by atoms with E-state index in [4.69, 9.17) is 5.26 Å². The lowest BCUT2D eigenvalue weighted by atomic mass is 10.1. The van der Waals surface area contributed by atoms with Crippen LogP contribution in [0.4, 0.5) is 5.69 Å². The van der Waals surface area contributed by atoms with Gasteiger partial charge in [0.15, 0.2) is 0 Å². The summed E-state index contributed by atoms with van der Waals surface area (Å²) in [7, 11) is 0. The van der Waals surface area contributed by atoms with Crippen molar-refractivity contribution in [1.82, 2.24) is 0 Å². The fourth-order valence-corrected chi connectivity index (χ4v) is 2.06. The molecule has 0 saturated carbocycles. The minimum Gasteiger partial charge on any atom is -0.256 e. The van der Waals surface area contributed by atoms with E-state index in [0.29, 0.717) is 5.56 Å². The summed E-state index contributed by atoms with van der Waals surface area (Å²) >= 11 is 0. The first-order valence-corrected chi connectivity index (χ1v) is 6.38. The molecular formula is C18H12N2. The Hall–Kier alpha value is -2.92. The SMILES string of the molecule is N#Cc1ccc(N=Cc2ccc3ccccc3c2)cc1. The molecule has 2 nitrogen and oxygen atoms in total. The molecule has 0 aliphatic carbocycles. The molecule has 0 saturated heterocycles. The number of nitriles is 1. The van der Waals surface area contributed by atoms with Gasteiger partial charge in [0.1, 0.15) is 0 Å². The molecule has 0 aromatic heterocycles. The molecule has 0 N–H and O–H groups in total. The van der Waals surface area contributed by atoms with E-state index >= 15 is 0 Å². The van der Waals surface area contributed by atoms with Crippen LogP contribution in [0.1, 0.15) is 11.1 Å². The lowest BCUT2D eigenvalue weighted by molar-refractivity contribution is 1.46. The quantitative estimate of drug-likeness (QED) is 0.623. The largest absolute Gasteiger partial charge is 0.256 e. The Morgan fingerprint density at radius 3 is 2.35 bits per heavy atom. The topological polar surface area (TPSA) is 36.1 Å². The maximum atomic E-state index is 8.75. The molecule has 0 amide bonds. The Morgan fingerprint density at radius 2 is 1.60 bits per heavy atom. The number of aliphatic imine (C=N–C) groups is 1. The zero-order valence-corrected chi connectivity index (χ0v) is 10.8. The van der Waals surface area contributed by atoms with Gasteiger partial charge in [0.05, 0.1) is 17.3 Å². The van der Waals surface area contributed by atoms with E-state index in [-0.39, 0.29) is 0 Å². The second-order valence-corrected chi connectivity index (χ2v) is 4.52. The Morgan fingerprint density at radius 1 is 0.850 bits per heavy atom. The zero-order chi connectivity index (χ0) is 13.8. The van der Waals surface area contributed by atoms with E-state index in [2.05, 4.69) is 41.4 Å². The monoisotopic (exact) mass is 256 g/mol. The molecule has 0 spiro atoms. The predicted octanol–water partition coefficient (Wildman–Crippen LogP) is 4.46. The van der Waals surface area contributed by atoms with Crippen LogP contribution < -0.4 is 0 Å². The molecule has 0 aliphatic rings. The highest BCUT2D eigenvalue weighted by molar-refractivity contribution is 5.91. The molecule has 3 aromatic rings. The number of hydrogen-bond donors (Lipinski definition) is 0. The van der Waals surface area contributed by atoms with Gasteiger partial charge >= 0.3 is 0 Å². The van der Waals surface area contributed by atoms with Gasteiger partial charge in [0, 0.05) is 6.21 Å². The van der Waals surface area contributed by atoms with E-state index in [1.165, 1.54) is 10.8 Å². The van der Waals surface area contributed by atoms with Gasteiger partial charge in [0.25, 0.3) is 0 Å². The summed E-state index contributed by atoms with van der Waals surface area (Å²) < 4.78 is 0. The number of fused-ring (bicyclic) bond motifs is 1. The van der Waals surface area contributed by atoms with Gasteiger partial charge in [-0.05, 0) is 46.7 Å². The van der Waals surface area contributed by atoms with Gasteiger partial charge in [-0.25, -0.2) is 0 Å². The van der Waals surface area contributed by atoms with Crippen molar-refractivity contribution in [2.45, 2.75) is 0 Å². The molecule has 0 unspecified atom stereocenters. The van der Waals surface area contributed by atoms with Gasteiger partial charge in [-0.1, -0.05) is 36.4 Å². The summed E-state index contributed by atoms with van der Waals surface area (Å²) in [4.78, 5) is 4.42. The molecule has 0 fully saturated rings. The number of nitrogens with zero attached hydrogens (tertiary/aromatic N) is 2. The maximum Gasteiger partial charge on any atom is 0.0991 e. The summed E-state index contributed by atoms with van der Waals surface area (Å²) in [6.07, 6.45) is 1.84. The fraction of sp³-hybridized carbons (Fsp3) is 0. The second-order valence-electron chi connectivity index (χ2n) is 4.52. The average Bonchev–Trinajstić information content (AvgIpc) is 2.53. The van der Waals surface area contributed by atoms with Crippen LogP contribution in [-0.4, -0.2) is 6.21 Å². The van der Waals surface area contributed by atoms with Crippen LogP contribution in [0.2, 0.25) is 0 Å². The molecular weight excluding hydrogens is 244 g/mol. The Bertz CT molecular complexity index is 809. The van der Waals surface area contributed by atoms with Gasteiger partial charge in [-0.15, -0.1) is 0 Å². The Balaban J connectivity index is 1.88. The number of rotatable bonds is 2. The van der Waals surface area contributed by atoms with E-state index in [0.717, 1.165) is 11.3 Å².